The number of carbonyl (C=O) groups excluding carboxylic acids is 2. The Morgan fingerprint density at radius 1 is 1.09 bits per heavy atom. The number of H-pyrrole nitrogens is 2. The van der Waals surface area contributed by atoms with Gasteiger partial charge in [-0.3, -0.25) is 19.4 Å². The van der Waals surface area contributed by atoms with E-state index in [9.17, 15) is 9.59 Å². The Balaban J connectivity index is 1.36. The van der Waals surface area contributed by atoms with Crippen molar-refractivity contribution in [2.24, 2.45) is 0 Å². The number of hydrogen-bond donors (Lipinski definition) is 3. The molecule has 0 radical (unpaired) electrons. The molecule has 1 amide bonds. The molecule has 0 aliphatic carbocycles. The maximum atomic E-state index is 13.2. The first-order valence-corrected chi connectivity index (χ1v) is 11.2. The molecular weight excluding hydrogens is 442 g/mol. The lowest BCUT2D eigenvalue weighted by Gasteiger charge is -2.08. The highest BCUT2D eigenvalue weighted by molar-refractivity contribution is 6.12. The van der Waals surface area contributed by atoms with Gasteiger partial charge in [-0.05, 0) is 56.3 Å². The number of rotatable bonds is 7. The van der Waals surface area contributed by atoms with Crippen molar-refractivity contribution >= 4 is 40.4 Å². The number of benzene rings is 2. The number of aryl methyl sites for hydroxylation is 2. The smallest absolute Gasteiger partial charge is 0.273 e. The zero-order chi connectivity index (χ0) is 24.4. The summed E-state index contributed by atoms with van der Waals surface area (Å²) < 4.78 is 1.65. The molecule has 3 aromatic heterocycles. The summed E-state index contributed by atoms with van der Waals surface area (Å²) in [6, 6.07) is 14.1. The number of imidazole rings is 1. The van der Waals surface area contributed by atoms with Crippen LogP contribution in [0.4, 0.5) is 5.69 Å². The molecule has 174 valence electrons. The molecule has 3 N–H and O–H groups in total. The van der Waals surface area contributed by atoms with Gasteiger partial charge in [0.1, 0.15) is 5.69 Å². The standard InChI is InChI=1S/C26H23N7O2/c1-3-33-24(11-16(2)32-33)26(35)29-19-6-4-5-17(12-19)25(34)18-7-9-21-22(30-31-23(21)13-18)10-8-20-14-27-15-28-20/h4-15H,3H2,1-2H3,(H,27,28)(H,29,35)(H,30,31). The molecule has 0 fully saturated rings. The second-order valence-corrected chi connectivity index (χ2v) is 8.06. The van der Waals surface area contributed by atoms with Gasteiger partial charge in [-0.1, -0.05) is 18.2 Å². The summed E-state index contributed by atoms with van der Waals surface area (Å²) in [5.41, 5.74) is 5.17. The van der Waals surface area contributed by atoms with Crippen molar-refractivity contribution in [3.63, 3.8) is 0 Å². The molecule has 9 heteroatoms. The van der Waals surface area contributed by atoms with E-state index in [1.165, 1.54) is 0 Å². The van der Waals surface area contributed by atoms with Crippen LogP contribution in [0.3, 0.4) is 0 Å². The first-order chi connectivity index (χ1) is 17.0. The van der Waals surface area contributed by atoms with E-state index in [1.807, 2.05) is 32.1 Å². The molecule has 0 unspecified atom stereocenters. The molecule has 3 heterocycles. The molecule has 0 saturated heterocycles. The molecule has 2 aromatic carbocycles. The lowest BCUT2D eigenvalue weighted by molar-refractivity contribution is 0.101. The van der Waals surface area contributed by atoms with Crippen LogP contribution in [0, 0.1) is 6.92 Å². The second kappa shape index (κ2) is 9.22. The first-order valence-electron chi connectivity index (χ1n) is 11.2. The maximum Gasteiger partial charge on any atom is 0.273 e. The molecule has 0 saturated carbocycles. The minimum atomic E-state index is -0.272. The van der Waals surface area contributed by atoms with E-state index in [1.54, 1.807) is 59.7 Å². The van der Waals surface area contributed by atoms with Gasteiger partial charge in [-0.15, -0.1) is 0 Å². The lowest BCUT2D eigenvalue weighted by Crippen LogP contribution is -2.17. The van der Waals surface area contributed by atoms with Crippen molar-refractivity contribution in [2.75, 3.05) is 5.32 Å². The van der Waals surface area contributed by atoms with E-state index in [2.05, 4.69) is 30.6 Å². The number of nitrogens with zero attached hydrogens (tertiary/aromatic N) is 4. The van der Waals surface area contributed by atoms with Crippen molar-refractivity contribution in [1.29, 1.82) is 0 Å². The molecule has 0 aliphatic heterocycles. The van der Waals surface area contributed by atoms with Crippen molar-refractivity contribution in [1.82, 2.24) is 29.9 Å². The normalized spacial score (nSPS) is 11.4. The lowest BCUT2D eigenvalue weighted by atomic mass is 10.0. The fourth-order valence-corrected chi connectivity index (χ4v) is 3.90. The quantitative estimate of drug-likeness (QED) is 0.306. The Morgan fingerprint density at radius 3 is 2.74 bits per heavy atom. The fraction of sp³-hybridized carbons (Fsp3) is 0.115. The molecule has 5 rings (SSSR count). The number of aromatic nitrogens is 6. The summed E-state index contributed by atoms with van der Waals surface area (Å²) in [6.45, 7) is 4.36. The molecule has 35 heavy (non-hydrogen) atoms. The summed E-state index contributed by atoms with van der Waals surface area (Å²) in [4.78, 5) is 33.0. The van der Waals surface area contributed by atoms with Crippen LogP contribution in [-0.2, 0) is 6.54 Å². The average Bonchev–Trinajstić information content (AvgIpc) is 3.61. The van der Waals surface area contributed by atoms with Crippen LogP contribution in [-0.4, -0.2) is 41.6 Å². The number of amides is 1. The molecule has 0 spiro atoms. The van der Waals surface area contributed by atoms with E-state index in [4.69, 9.17) is 0 Å². The van der Waals surface area contributed by atoms with Crippen LogP contribution in [0.25, 0.3) is 23.1 Å². The molecule has 5 aromatic rings. The monoisotopic (exact) mass is 465 g/mol. The molecule has 0 bridgehead atoms. The van der Waals surface area contributed by atoms with E-state index in [-0.39, 0.29) is 11.7 Å². The van der Waals surface area contributed by atoms with Crippen LogP contribution in [0.1, 0.15) is 50.4 Å². The highest BCUT2D eigenvalue weighted by Crippen LogP contribution is 2.22. The van der Waals surface area contributed by atoms with Crippen molar-refractivity contribution in [3.05, 3.63) is 95.0 Å². The van der Waals surface area contributed by atoms with Crippen LogP contribution in [0.15, 0.2) is 61.1 Å². The Morgan fingerprint density at radius 2 is 1.94 bits per heavy atom. The topological polar surface area (TPSA) is 121 Å². The van der Waals surface area contributed by atoms with Gasteiger partial charge in [0.15, 0.2) is 5.78 Å². The first kappa shape index (κ1) is 22.0. The number of nitrogens with one attached hydrogen (secondary N) is 3. The van der Waals surface area contributed by atoms with E-state index >= 15 is 0 Å². The Hall–Kier alpha value is -4.79. The van der Waals surface area contributed by atoms with E-state index in [0.717, 1.165) is 28.0 Å². The van der Waals surface area contributed by atoms with Crippen molar-refractivity contribution in [3.8, 4) is 0 Å². The number of hydrogen-bond acceptors (Lipinski definition) is 5. The summed E-state index contributed by atoms with van der Waals surface area (Å²) in [6.07, 6.45) is 7.10. The van der Waals surface area contributed by atoms with Gasteiger partial charge in [0.2, 0.25) is 0 Å². The third kappa shape index (κ3) is 4.51. The minimum absolute atomic E-state index is 0.151. The Labute approximate surface area is 200 Å². The van der Waals surface area contributed by atoms with Crippen LogP contribution < -0.4 is 5.32 Å². The van der Waals surface area contributed by atoms with Gasteiger partial charge < -0.3 is 10.3 Å². The second-order valence-electron chi connectivity index (χ2n) is 8.06. The highest BCUT2D eigenvalue weighted by atomic mass is 16.2. The van der Waals surface area contributed by atoms with E-state index in [0.29, 0.717) is 29.1 Å². The van der Waals surface area contributed by atoms with Crippen LogP contribution in [0.2, 0.25) is 0 Å². The third-order valence-electron chi connectivity index (χ3n) is 5.61. The average molecular weight is 466 g/mol. The van der Waals surface area contributed by atoms with E-state index < -0.39 is 0 Å². The molecule has 0 atom stereocenters. The van der Waals surface area contributed by atoms with Gasteiger partial charge in [0.25, 0.3) is 5.91 Å². The molecule has 9 nitrogen and oxygen atoms in total. The maximum absolute atomic E-state index is 13.2. The predicted octanol–water partition coefficient (Wildman–Crippen LogP) is 4.46. The van der Waals surface area contributed by atoms with Gasteiger partial charge in [0.05, 0.1) is 35.1 Å². The zero-order valence-electron chi connectivity index (χ0n) is 19.2. The van der Waals surface area contributed by atoms with Crippen molar-refractivity contribution in [2.45, 2.75) is 20.4 Å². The zero-order valence-corrected chi connectivity index (χ0v) is 19.2. The number of carbonyl (C=O) groups is 2. The fourth-order valence-electron chi connectivity index (χ4n) is 3.90. The van der Waals surface area contributed by atoms with Crippen LogP contribution >= 0.6 is 0 Å². The number of fused-ring (bicyclic) bond motifs is 1. The summed E-state index contributed by atoms with van der Waals surface area (Å²) in [5, 5.41) is 15.4. The Kier molecular flexibility index (Phi) is 5.80. The van der Waals surface area contributed by atoms with Gasteiger partial charge in [-0.2, -0.15) is 10.2 Å². The largest absolute Gasteiger partial charge is 0.345 e. The highest BCUT2D eigenvalue weighted by Gasteiger charge is 2.16. The van der Waals surface area contributed by atoms with Crippen LogP contribution in [0.5, 0.6) is 0 Å². The van der Waals surface area contributed by atoms with Gasteiger partial charge >= 0.3 is 0 Å². The number of anilines is 1. The van der Waals surface area contributed by atoms with Gasteiger partial charge in [0, 0.05) is 28.7 Å². The minimum Gasteiger partial charge on any atom is -0.345 e. The third-order valence-corrected chi connectivity index (χ3v) is 5.61. The van der Waals surface area contributed by atoms with Gasteiger partial charge in [-0.25, -0.2) is 4.98 Å². The number of aromatic amines is 2. The summed E-state index contributed by atoms with van der Waals surface area (Å²) in [7, 11) is 0. The summed E-state index contributed by atoms with van der Waals surface area (Å²) in [5.74, 6) is -0.423. The predicted molar refractivity (Wildman–Crippen MR) is 134 cm³/mol. The Bertz CT molecular complexity index is 1560. The molecule has 0 aliphatic rings. The van der Waals surface area contributed by atoms with Crippen molar-refractivity contribution < 1.29 is 9.59 Å². The molecular formula is C26H23N7O2. The summed E-state index contributed by atoms with van der Waals surface area (Å²) >= 11 is 0. The SMILES string of the molecule is CCn1nc(C)cc1C(=O)Nc1cccc(C(=O)c2ccc3c(C=Cc4cnc[nH]4)n[nH]c3c2)c1. The number of ketones is 1.